The summed E-state index contributed by atoms with van der Waals surface area (Å²) in [5, 5.41) is 0. The highest BCUT2D eigenvalue weighted by Crippen LogP contribution is 2.38. The molecule has 0 aromatic rings. The summed E-state index contributed by atoms with van der Waals surface area (Å²) in [6, 6.07) is 0. The second-order valence-electron chi connectivity index (χ2n) is 16.1. The summed E-state index contributed by atoms with van der Waals surface area (Å²) < 4.78 is 40.0. The minimum atomic E-state index is -4.56. The first kappa shape index (κ1) is 52.0. The summed E-state index contributed by atoms with van der Waals surface area (Å²) in [5.74, 6) is -0.418. The zero-order chi connectivity index (χ0) is 41.0. The molecule has 0 bridgehead atoms. The van der Waals surface area contributed by atoms with Gasteiger partial charge in [0.05, 0.1) is 46.2 Å². The molecule has 0 aliphatic carbocycles. The topological polar surface area (TPSA) is 107 Å². The fraction of sp³-hybridized carbons (Fsp3) is 0.761. The number of nitrogens with zero attached hydrogens (tertiary/aromatic N) is 1. The van der Waals surface area contributed by atoms with E-state index in [1.165, 1.54) is 83.5 Å². The van der Waals surface area contributed by atoms with Crippen molar-refractivity contribution in [1.29, 1.82) is 0 Å². The molecule has 4 atom stereocenters. The molecule has 1 heterocycles. The van der Waals surface area contributed by atoms with Crippen LogP contribution in [0.25, 0.3) is 0 Å². The van der Waals surface area contributed by atoms with Gasteiger partial charge >= 0.3 is 5.97 Å². The molecule has 1 saturated heterocycles. The van der Waals surface area contributed by atoms with Crippen LogP contribution in [-0.2, 0) is 32.6 Å². The number of phosphoric acid groups is 1. The van der Waals surface area contributed by atoms with Crippen LogP contribution in [0.5, 0.6) is 0 Å². The van der Waals surface area contributed by atoms with Gasteiger partial charge in [-0.3, -0.25) is 9.36 Å². The number of phosphoric ester groups is 1. The van der Waals surface area contributed by atoms with Gasteiger partial charge in [-0.2, -0.15) is 0 Å². The SMILES string of the molecule is CCCCC/C=C\CC1OC1C/C=C\C/C=C\CCCC(=O)O[C@H](CO/C=C/CCCCCC/C=C\CCCCCCCC)COP(=O)([O-])OCC[N+](C)(C)C. The molecule has 0 aromatic carbocycles. The predicted octanol–water partition coefficient (Wildman–Crippen LogP) is 11.6. The Kier molecular flexibility index (Phi) is 32.5. The van der Waals surface area contributed by atoms with E-state index < -0.39 is 19.9 Å². The smallest absolute Gasteiger partial charge is 0.306 e. The van der Waals surface area contributed by atoms with Crippen molar-refractivity contribution < 1.29 is 42.0 Å². The summed E-state index contributed by atoms with van der Waals surface area (Å²) in [6.45, 7) is 4.60. The number of esters is 1. The van der Waals surface area contributed by atoms with Gasteiger partial charge in [0.1, 0.15) is 19.8 Å². The van der Waals surface area contributed by atoms with Crippen molar-refractivity contribution in [3.8, 4) is 0 Å². The van der Waals surface area contributed by atoms with Crippen LogP contribution in [0.2, 0.25) is 0 Å². The first-order valence-electron chi connectivity index (χ1n) is 22.2. The molecule has 3 unspecified atom stereocenters. The molecular formula is C46H82NO8P. The van der Waals surface area contributed by atoms with Gasteiger partial charge in [-0.15, -0.1) is 0 Å². The molecule has 0 radical (unpaired) electrons. The lowest BCUT2D eigenvalue weighted by Crippen LogP contribution is -2.37. The molecule has 1 aliphatic heterocycles. The second-order valence-corrected chi connectivity index (χ2v) is 17.6. The van der Waals surface area contributed by atoms with Crippen LogP contribution in [0.1, 0.15) is 162 Å². The molecule has 0 spiro atoms. The van der Waals surface area contributed by atoms with Gasteiger partial charge in [-0.25, -0.2) is 0 Å². The van der Waals surface area contributed by atoms with Gasteiger partial charge in [0.2, 0.25) is 0 Å². The highest BCUT2D eigenvalue weighted by Gasteiger charge is 2.36. The highest BCUT2D eigenvalue weighted by atomic mass is 31.2. The van der Waals surface area contributed by atoms with E-state index in [2.05, 4.69) is 62.5 Å². The number of quaternary nitrogens is 1. The van der Waals surface area contributed by atoms with E-state index in [1.807, 2.05) is 27.2 Å². The number of likely N-dealkylation sites (N-methyl/N-ethyl adjacent to an activating group) is 1. The Bertz CT molecular complexity index is 1140. The van der Waals surface area contributed by atoms with Crippen molar-refractivity contribution in [2.75, 3.05) is 47.5 Å². The summed E-state index contributed by atoms with van der Waals surface area (Å²) >= 11 is 0. The highest BCUT2D eigenvalue weighted by molar-refractivity contribution is 7.45. The molecule has 56 heavy (non-hydrogen) atoms. The lowest BCUT2D eigenvalue weighted by molar-refractivity contribution is -0.870. The van der Waals surface area contributed by atoms with Crippen molar-refractivity contribution in [2.24, 2.45) is 0 Å². The van der Waals surface area contributed by atoms with E-state index in [-0.39, 0.29) is 26.2 Å². The summed E-state index contributed by atoms with van der Waals surface area (Å²) in [5.41, 5.74) is 0. The minimum Gasteiger partial charge on any atom is -0.756 e. The third-order valence-corrected chi connectivity index (χ3v) is 10.5. The monoisotopic (exact) mass is 808 g/mol. The average molecular weight is 808 g/mol. The second kappa shape index (κ2) is 35.0. The van der Waals surface area contributed by atoms with Gasteiger partial charge in [0, 0.05) is 6.42 Å². The van der Waals surface area contributed by atoms with Crippen molar-refractivity contribution in [3.05, 3.63) is 60.9 Å². The standard InChI is InChI=1S/C46H82NO8P/c1-6-8-10-12-14-15-16-17-18-19-20-21-22-26-30-34-39-51-41-43(42-53-56(49,50)52-40-38-47(3,4)5)54-46(48)37-33-29-25-23-24-28-32-36-45-44(55-45)35-31-27-13-11-9-7-2/h17-18,23,25,27-28,31-32,34,39,43-45H,6-16,19-22,24,26,29-30,33,35-38,40-42H2,1-5H3/b18-17-,25-23-,31-27-,32-28-,39-34+/t43-,44?,45?/m1/s1. The number of ether oxygens (including phenoxy) is 3. The Balaban J connectivity index is 2.31. The van der Waals surface area contributed by atoms with E-state index in [9.17, 15) is 14.3 Å². The summed E-state index contributed by atoms with van der Waals surface area (Å²) in [7, 11) is 1.27. The number of hydrogen-bond donors (Lipinski definition) is 0. The Morgan fingerprint density at radius 2 is 1.16 bits per heavy atom. The molecule has 9 nitrogen and oxygen atoms in total. The lowest BCUT2D eigenvalue weighted by atomic mass is 10.1. The van der Waals surface area contributed by atoms with E-state index in [0.29, 0.717) is 29.7 Å². The van der Waals surface area contributed by atoms with E-state index >= 15 is 0 Å². The molecule has 0 saturated carbocycles. The Labute approximate surface area is 343 Å². The zero-order valence-corrected chi connectivity index (χ0v) is 37.2. The van der Waals surface area contributed by atoms with Crippen LogP contribution in [0.4, 0.5) is 0 Å². The van der Waals surface area contributed by atoms with Crippen LogP contribution in [-0.4, -0.2) is 76.3 Å². The zero-order valence-electron chi connectivity index (χ0n) is 36.3. The normalized spacial score (nSPS) is 17.9. The van der Waals surface area contributed by atoms with Gasteiger partial charge < -0.3 is 32.6 Å². The summed E-state index contributed by atoms with van der Waals surface area (Å²) in [6.07, 6.45) is 46.5. The van der Waals surface area contributed by atoms with Gasteiger partial charge in [-0.1, -0.05) is 120 Å². The van der Waals surface area contributed by atoms with E-state index in [1.54, 1.807) is 6.26 Å². The quantitative estimate of drug-likeness (QED) is 0.0115. The Morgan fingerprint density at radius 3 is 1.80 bits per heavy atom. The van der Waals surface area contributed by atoms with Crippen LogP contribution < -0.4 is 4.89 Å². The van der Waals surface area contributed by atoms with E-state index in [4.69, 9.17) is 23.3 Å². The van der Waals surface area contributed by atoms with Crippen LogP contribution in [0.15, 0.2) is 60.9 Å². The maximum atomic E-state index is 12.7. The number of unbranched alkanes of at least 4 members (excludes halogenated alkanes) is 15. The molecule has 1 fully saturated rings. The molecule has 324 valence electrons. The first-order valence-corrected chi connectivity index (χ1v) is 23.6. The Morgan fingerprint density at radius 1 is 0.661 bits per heavy atom. The fourth-order valence-electron chi connectivity index (χ4n) is 5.89. The fourth-order valence-corrected chi connectivity index (χ4v) is 6.62. The molecule has 0 amide bonds. The van der Waals surface area contributed by atoms with Gasteiger partial charge in [-0.05, 0) is 89.5 Å². The molecule has 0 N–H and O–H groups in total. The molecule has 1 aliphatic rings. The van der Waals surface area contributed by atoms with Gasteiger partial charge in [0.25, 0.3) is 7.82 Å². The van der Waals surface area contributed by atoms with Gasteiger partial charge in [0.15, 0.2) is 6.10 Å². The minimum absolute atomic E-state index is 0.000240. The lowest BCUT2D eigenvalue weighted by Gasteiger charge is -2.28. The largest absolute Gasteiger partial charge is 0.756 e. The van der Waals surface area contributed by atoms with Crippen LogP contribution in [0.3, 0.4) is 0 Å². The molecule has 1 rings (SSSR count). The van der Waals surface area contributed by atoms with Crippen molar-refractivity contribution in [1.82, 2.24) is 0 Å². The molecule has 0 aromatic heterocycles. The number of hydrogen-bond acceptors (Lipinski definition) is 8. The first-order chi connectivity index (χ1) is 27.1. The predicted molar refractivity (Wildman–Crippen MR) is 230 cm³/mol. The maximum absolute atomic E-state index is 12.7. The third-order valence-electron chi connectivity index (χ3n) is 9.51. The number of allylic oxidation sites excluding steroid dienone is 7. The number of rotatable bonds is 39. The third kappa shape index (κ3) is 35.2. The van der Waals surface area contributed by atoms with E-state index in [0.717, 1.165) is 51.4 Å². The number of epoxide rings is 1. The average Bonchev–Trinajstić information content (AvgIpc) is 3.91. The number of carbonyl (C=O) groups excluding carboxylic acids is 1. The van der Waals surface area contributed by atoms with Crippen LogP contribution in [0, 0.1) is 0 Å². The van der Waals surface area contributed by atoms with Crippen LogP contribution >= 0.6 is 7.82 Å². The van der Waals surface area contributed by atoms with Crippen molar-refractivity contribution in [2.45, 2.75) is 180 Å². The van der Waals surface area contributed by atoms with Crippen molar-refractivity contribution in [3.63, 3.8) is 0 Å². The Hall–Kier alpha value is -2.00. The molecule has 10 heteroatoms. The molecular weight excluding hydrogens is 725 g/mol. The summed E-state index contributed by atoms with van der Waals surface area (Å²) in [4.78, 5) is 25.0. The maximum Gasteiger partial charge on any atom is 0.306 e. The number of carbonyl (C=O) groups is 1. The van der Waals surface area contributed by atoms with Crippen molar-refractivity contribution >= 4 is 13.8 Å².